The summed E-state index contributed by atoms with van der Waals surface area (Å²) in [7, 11) is 0. The van der Waals surface area contributed by atoms with Gasteiger partial charge in [0.2, 0.25) is 5.95 Å². The van der Waals surface area contributed by atoms with E-state index in [-0.39, 0.29) is 11.9 Å². The Bertz CT molecular complexity index is 583. The minimum Gasteiger partial charge on any atom is -0.348 e. The van der Waals surface area contributed by atoms with Crippen molar-refractivity contribution in [3.8, 4) is 0 Å². The van der Waals surface area contributed by atoms with Crippen LogP contribution in [0, 0.1) is 0 Å². The van der Waals surface area contributed by atoms with Gasteiger partial charge in [-0.2, -0.15) is 0 Å². The van der Waals surface area contributed by atoms with Gasteiger partial charge in [-0.1, -0.05) is 0 Å². The molecule has 1 saturated heterocycles. The molecule has 2 aromatic rings. The molecule has 1 fully saturated rings. The fourth-order valence-corrected chi connectivity index (χ4v) is 2.35. The van der Waals surface area contributed by atoms with Crippen molar-refractivity contribution in [2.45, 2.75) is 18.9 Å². The summed E-state index contributed by atoms with van der Waals surface area (Å²) in [6, 6.07) is 1.96. The highest BCUT2D eigenvalue weighted by atomic mass is 16.1. The highest BCUT2D eigenvalue weighted by molar-refractivity contribution is 5.92. The van der Waals surface area contributed by atoms with Gasteiger partial charge in [0.15, 0.2) is 0 Å². The summed E-state index contributed by atoms with van der Waals surface area (Å²) in [6.45, 7) is 1.66. The summed E-state index contributed by atoms with van der Waals surface area (Å²) >= 11 is 0. The van der Waals surface area contributed by atoms with Crippen molar-refractivity contribution in [3.63, 3.8) is 0 Å². The Morgan fingerprint density at radius 1 is 1.10 bits per heavy atom. The Morgan fingerprint density at radius 2 is 1.86 bits per heavy atom. The average Bonchev–Trinajstić information content (AvgIpc) is 2.57. The summed E-state index contributed by atoms with van der Waals surface area (Å²) in [5.41, 5.74) is 0.353. The van der Waals surface area contributed by atoms with Gasteiger partial charge in [0.25, 0.3) is 5.91 Å². The van der Waals surface area contributed by atoms with Crippen LogP contribution in [0.25, 0.3) is 0 Å². The Balaban J connectivity index is 1.53. The molecule has 2 aromatic heterocycles. The van der Waals surface area contributed by atoms with Gasteiger partial charge in [-0.3, -0.25) is 9.78 Å². The minimum atomic E-state index is -0.169. The molecule has 108 valence electrons. The quantitative estimate of drug-likeness (QED) is 0.891. The van der Waals surface area contributed by atoms with Crippen molar-refractivity contribution in [1.82, 2.24) is 25.3 Å². The zero-order chi connectivity index (χ0) is 14.5. The van der Waals surface area contributed by atoms with Crippen LogP contribution in [0.4, 0.5) is 5.95 Å². The van der Waals surface area contributed by atoms with E-state index in [1.165, 1.54) is 12.4 Å². The van der Waals surface area contributed by atoms with Gasteiger partial charge < -0.3 is 10.2 Å². The molecular weight excluding hydrogens is 268 g/mol. The van der Waals surface area contributed by atoms with Crippen molar-refractivity contribution in [2.75, 3.05) is 18.0 Å². The number of aromatic nitrogens is 4. The number of carbonyl (C=O) groups excluding carboxylic acids is 1. The van der Waals surface area contributed by atoms with Crippen LogP contribution >= 0.6 is 0 Å². The lowest BCUT2D eigenvalue weighted by molar-refractivity contribution is 0.0925. The average molecular weight is 284 g/mol. The normalized spacial score (nSPS) is 15.7. The van der Waals surface area contributed by atoms with Crippen LogP contribution in [0.15, 0.2) is 37.1 Å². The van der Waals surface area contributed by atoms with Crippen LogP contribution in [-0.4, -0.2) is 45.0 Å². The maximum Gasteiger partial charge on any atom is 0.271 e. The van der Waals surface area contributed by atoms with E-state index < -0.39 is 0 Å². The number of piperidine rings is 1. The van der Waals surface area contributed by atoms with E-state index in [0.717, 1.165) is 31.9 Å². The van der Waals surface area contributed by atoms with Crippen LogP contribution in [-0.2, 0) is 0 Å². The fourth-order valence-electron chi connectivity index (χ4n) is 2.35. The molecule has 0 atom stereocenters. The highest BCUT2D eigenvalue weighted by Gasteiger charge is 2.22. The predicted octanol–water partition coefficient (Wildman–Crippen LogP) is 0.665. The maximum absolute atomic E-state index is 12.0. The first kappa shape index (κ1) is 13.4. The van der Waals surface area contributed by atoms with Crippen LogP contribution in [0.2, 0.25) is 0 Å². The third-order valence-electron chi connectivity index (χ3n) is 3.46. The van der Waals surface area contributed by atoms with Gasteiger partial charge in [-0.25, -0.2) is 15.0 Å². The number of hydrogen-bond donors (Lipinski definition) is 1. The molecule has 7 nitrogen and oxygen atoms in total. The number of anilines is 1. The molecule has 3 heterocycles. The van der Waals surface area contributed by atoms with Crippen molar-refractivity contribution < 1.29 is 4.79 Å². The molecule has 1 aliphatic heterocycles. The second-order valence-electron chi connectivity index (χ2n) is 4.87. The van der Waals surface area contributed by atoms with E-state index in [0.29, 0.717) is 5.69 Å². The topological polar surface area (TPSA) is 83.9 Å². The van der Waals surface area contributed by atoms with Crippen molar-refractivity contribution >= 4 is 11.9 Å². The molecule has 0 unspecified atom stereocenters. The van der Waals surface area contributed by atoms with E-state index in [2.05, 4.69) is 30.2 Å². The highest BCUT2D eigenvalue weighted by Crippen LogP contribution is 2.15. The third-order valence-corrected chi connectivity index (χ3v) is 3.46. The van der Waals surface area contributed by atoms with Crippen molar-refractivity contribution in [2.24, 2.45) is 0 Å². The predicted molar refractivity (Wildman–Crippen MR) is 76.8 cm³/mol. The van der Waals surface area contributed by atoms with Gasteiger partial charge >= 0.3 is 0 Å². The molecule has 1 N–H and O–H groups in total. The molecule has 0 aromatic carbocycles. The number of nitrogens with zero attached hydrogens (tertiary/aromatic N) is 5. The van der Waals surface area contributed by atoms with Crippen molar-refractivity contribution in [3.05, 3.63) is 42.7 Å². The third kappa shape index (κ3) is 3.31. The lowest BCUT2D eigenvalue weighted by Crippen LogP contribution is -2.45. The van der Waals surface area contributed by atoms with E-state index >= 15 is 0 Å². The number of amides is 1. The number of hydrogen-bond acceptors (Lipinski definition) is 6. The van der Waals surface area contributed by atoms with E-state index in [9.17, 15) is 4.79 Å². The van der Waals surface area contributed by atoms with E-state index in [4.69, 9.17) is 0 Å². The first-order valence-corrected chi connectivity index (χ1v) is 6.92. The van der Waals surface area contributed by atoms with Crippen LogP contribution in [0.5, 0.6) is 0 Å². The monoisotopic (exact) mass is 284 g/mol. The molecule has 7 heteroatoms. The molecule has 0 spiro atoms. The molecule has 0 radical (unpaired) electrons. The molecular formula is C14H16N6O. The van der Waals surface area contributed by atoms with Gasteiger partial charge in [0.05, 0.1) is 6.20 Å². The van der Waals surface area contributed by atoms with Gasteiger partial charge in [0, 0.05) is 43.9 Å². The van der Waals surface area contributed by atoms with Crippen LogP contribution in [0.1, 0.15) is 23.3 Å². The van der Waals surface area contributed by atoms with E-state index in [1.54, 1.807) is 24.7 Å². The largest absolute Gasteiger partial charge is 0.348 e. The molecule has 0 aliphatic carbocycles. The SMILES string of the molecule is O=C(NC1CCN(c2ncccn2)CC1)c1cnccn1. The Morgan fingerprint density at radius 3 is 2.52 bits per heavy atom. The molecule has 1 aliphatic rings. The lowest BCUT2D eigenvalue weighted by Gasteiger charge is -2.32. The Labute approximate surface area is 122 Å². The Hall–Kier alpha value is -2.57. The zero-order valence-electron chi connectivity index (χ0n) is 11.5. The summed E-state index contributed by atoms with van der Waals surface area (Å²) in [5.74, 6) is 0.578. The zero-order valence-corrected chi connectivity index (χ0v) is 11.5. The van der Waals surface area contributed by atoms with Crippen molar-refractivity contribution in [1.29, 1.82) is 0 Å². The molecule has 1 amide bonds. The fraction of sp³-hybridized carbons (Fsp3) is 0.357. The number of nitrogens with one attached hydrogen (secondary N) is 1. The minimum absolute atomic E-state index is 0.152. The van der Waals surface area contributed by atoms with Gasteiger partial charge in [-0.15, -0.1) is 0 Å². The van der Waals surface area contributed by atoms with Crippen LogP contribution < -0.4 is 10.2 Å². The standard InChI is InChI=1S/C14H16N6O/c21-13(12-10-15-6-7-16-12)19-11-2-8-20(9-3-11)14-17-4-1-5-18-14/h1,4-7,10-11H,2-3,8-9H2,(H,19,21). The summed E-state index contributed by atoms with van der Waals surface area (Å²) < 4.78 is 0. The van der Waals surface area contributed by atoms with Crippen LogP contribution in [0.3, 0.4) is 0 Å². The molecule has 21 heavy (non-hydrogen) atoms. The van der Waals surface area contributed by atoms with E-state index in [1.807, 2.05) is 0 Å². The summed E-state index contributed by atoms with van der Waals surface area (Å²) in [5, 5.41) is 3.00. The number of carbonyl (C=O) groups is 1. The summed E-state index contributed by atoms with van der Waals surface area (Å²) in [6.07, 6.45) is 9.75. The lowest BCUT2D eigenvalue weighted by atomic mass is 10.1. The second-order valence-corrected chi connectivity index (χ2v) is 4.87. The number of rotatable bonds is 3. The summed E-state index contributed by atoms with van der Waals surface area (Å²) in [4.78, 5) is 30.5. The smallest absolute Gasteiger partial charge is 0.271 e. The Kier molecular flexibility index (Phi) is 3.99. The molecule has 0 saturated carbocycles. The maximum atomic E-state index is 12.0. The van der Waals surface area contributed by atoms with Gasteiger partial charge in [-0.05, 0) is 18.9 Å². The van der Waals surface area contributed by atoms with Gasteiger partial charge in [0.1, 0.15) is 5.69 Å². The molecule has 3 rings (SSSR count). The first-order valence-electron chi connectivity index (χ1n) is 6.92. The molecule has 0 bridgehead atoms. The first-order chi connectivity index (χ1) is 10.3. The second kappa shape index (κ2) is 6.25.